The van der Waals surface area contributed by atoms with Gasteiger partial charge in [0.15, 0.2) is 5.92 Å². The number of carboxylic acids is 2. The fraction of sp³-hybridized carbons (Fsp3) is 0.350. The van der Waals surface area contributed by atoms with E-state index in [0.717, 1.165) is 22.3 Å². The second-order valence-electron chi connectivity index (χ2n) is 12.2. The summed E-state index contributed by atoms with van der Waals surface area (Å²) in [7, 11) is 0. The molecular formula is C40H44O9. The number of benzene rings is 4. The molecule has 5 atom stereocenters. The number of rotatable bonds is 19. The van der Waals surface area contributed by atoms with E-state index < -0.39 is 48.4 Å². The van der Waals surface area contributed by atoms with E-state index in [1.165, 1.54) is 0 Å². The number of carboxylic acid groups (broad SMARTS) is 2. The summed E-state index contributed by atoms with van der Waals surface area (Å²) >= 11 is 0. The van der Waals surface area contributed by atoms with Gasteiger partial charge in [-0.25, -0.2) is 0 Å². The predicted octanol–water partition coefficient (Wildman–Crippen LogP) is 6.68. The number of hydrogen-bond acceptors (Lipinski definition) is 7. The minimum absolute atomic E-state index is 0.0470. The molecular weight excluding hydrogens is 624 g/mol. The molecule has 1 aliphatic rings. The van der Waals surface area contributed by atoms with Crippen LogP contribution in [0.1, 0.15) is 41.5 Å². The monoisotopic (exact) mass is 668 g/mol. The summed E-state index contributed by atoms with van der Waals surface area (Å²) in [6.07, 6.45) is -2.36. The summed E-state index contributed by atoms with van der Waals surface area (Å²) in [5, 5.41) is 19.0. The Hall–Kier alpha value is -4.38. The Morgan fingerprint density at radius 2 is 0.939 bits per heavy atom. The van der Waals surface area contributed by atoms with E-state index in [2.05, 4.69) is 0 Å². The van der Waals surface area contributed by atoms with E-state index in [-0.39, 0.29) is 26.1 Å². The Kier molecular flexibility index (Phi) is 13.9. The van der Waals surface area contributed by atoms with Crippen LogP contribution < -0.4 is 0 Å². The zero-order valence-corrected chi connectivity index (χ0v) is 27.4. The molecule has 0 spiro atoms. The van der Waals surface area contributed by atoms with E-state index in [9.17, 15) is 19.8 Å². The van der Waals surface area contributed by atoms with E-state index in [1.807, 2.05) is 121 Å². The topological polar surface area (TPSA) is 121 Å². The first-order valence-corrected chi connectivity index (χ1v) is 16.7. The molecule has 1 saturated heterocycles. The highest BCUT2D eigenvalue weighted by molar-refractivity contribution is 5.92. The number of carbonyl (C=O) groups is 2. The van der Waals surface area contributed by atoms with Crippen molar-refractivity contribution >= 4 is 11.9 Å². The predicted molar refractivity (Wildman–Crippen MR) is 182 cm³/mol. The van der Waals surface area contributed by atoms with Gasteiger partial charge in [0.1, 0.15) is 24.4 Å². The van der Waals surface area contributed by atoms with Gasteiger partial charge in [-0.2, -0.15) is 0 Å². The van der Waals surface area contributed by atoms with Crippen LogP contribution in [0.4, 0.5) is 0 Å². The minimum Gasteiger partial charge on any atom is -0.481 e. The SMILES string of the molecule is O=C(O)C(CCC[C@@H]1O[C@H](COCc2ccccc2)[C@@H](OCc2ccccc2)[C@H](OCc2ccccc2)[C@@H]1OCc1ccccc1)C(=O)O. The van der Waals surface area contributed by atoms with Crippen LogP contribution in [-0.4, -0.2) is 59.3 Å². The molecule has 0 bridgehead atoms. The lowest BCUT2D eigenvalue weighted by Crippen LogP contribution is -2.61. The molecule has 4 aromatic rings. The highest BCUT2D eigenvalue weighted by Crippen LogP contribution is 2.33. The molecule has 4 aromatic carbocycles. The highest BCUT2D eigenvalue weighted by atomic mass is 16.6. The highest BCUT2D eigenvalue weighted by Gasteiger charge is 2.48. The van der Waals surface area contributed by atoms with Gasteiger partial charge in [0.05, 0.1) is 39.1 Å². The van der Waals surface area contributed by atoms with Gasteiger partial charge in [-0.15, -0.1) is 0 Å². The molecule has 5 rings (SSSR count). The first kappa shape index (κ1) is 35.9. The van der Waals surface area contributed by atoms with E-state index in [1.54, 1.807) is 0 Å². The van der Waals surface area contributed by atoms with Crippen molar-refractivity contribution in [3.8, 4) is 0 Å². The molecule has 49 heavy (non-hydrogen) atoms. The van der Waals surface area contributed by atoms with Crippen LogP contribution in [0.5, 0.6) is 0 Å². The normalized spacial score (nSPS) is 20.6. The number of aliphatic carboxylic acids is 2. The third-order valence-corrected chi connectivity index (χ3v) is 8.56. The molecule has 0 radical (unpaired) electrons. The van der Waals surface area contributed by atoms with Crippen LogP contribution >= 0.6 is 0 Å². The van der Waals surface area contributed by atoms with Crippen molar-refractivity contribution in [2.24, 2.45) is 5.92 Å². The Bertz CT molecular complexity index is 1520. The van der Waals surface area contributed by atoms with Crippen molar-refractivity contribution < 1.29 is 43.5 Å². The summed E-state index contributed by atoms with van der Waals surface area (Å²) in [6.45, 7) is 1.47. The molecule has 0 aromatic heterocycles. The second-order valence-corrected chi connectivity index (χ2v) is 12.2. The molecule has 0 aliphatic carbocycles. The molecule has 1 heterocycles. The molecule has 0 amide bonds. The van der Waals surface area contributed by atoms with E-state index >= 15 is 0 Å². The van der Waals surface area contributed by atoms with Crippen molar-refractivity contribution in [3.05, 3.63) is 144 Å². The third-order valence-electron chi connectivity index (χ3n) is 8.56. The number of hydrogen-bond donors (Lipinski definition) is 2. The Morgan fingerprint density at radius 3 is 1.37 bits per heavy atom. The van der Waals surface area contributed by atoms with Crippen molar-refractivity contribution in [2.45, 2.75) is 76.2 Å². The summed E-state index contributed by atoms with van der Waals surface area (Å²) in [5.74, 6) is -4.23. The lowest BCUT2D eigenvalue weighted by molar-refractivity contribution is -0.273. The zero-order chi connectivity index (χ0) is 34.3. The zero-order valence-electron chi connectivity index (χ0n) is 27.4. The Labute approximate surface area is 287 Å². The summed E-state index contributed by atoms with van der Waals surface area (Å²) in [6, 6.07) is 39.4. The first-order valence-electron chi connectivity index (χ1n) is 16.7. The van der Waals surface area contributed by atoms with Gasteiger partial charge in [0.25, 0.3) is 0 Å². The van der Waals surface area contributed by atoms with Crippen LogP contribution in [0.25, 0.3) is 0 Å². The molecule has 1 fully saturated rings. The maximum atomic E-state index is 11.6. The smallest absolute Gasteiger partial charge is 0.317 e. The van der Waals surface area contributed by atoms with Crippen LogP contribution in [0.2, 0.25) is 0 Å². The summed E-state index contributed by atoms with van der Waals surface area (Å²) in [4.78, 5) is 23.3. The Morgan fingerprint density at radius 1 is 0.551 bits per heavy atom. The van der Waals surface area contributed by atoms with E-state index in [0.29, 0.717) is 26.2 Å². The van der Waals surface area contributed by atoms with Crippen LogP contribution in [-0.2, 0) is 59.7 Å². The standard InChI is InChI=1S/C40H44O9/c41-39(42)33(40(43)44)22-13-23-34-36(46-25-30-16-7-2-8-17-30)38(48-27-32-20-11-4-12-21-32)37(47-26-31-18-9-3-10-19-31)35(49-34)28-45-24-29-14-5-1-6-15-29/h1-12,14-21,33-38H,13,22-28H2,(H,41,42)(H,43,44)/t34-,35+,36+,37+,38+/m0/s1. The van der Waals surface area contributed by atoms with Crippen molar-refractivity contribution in [3.63, 3.8) is 0 Å². The van der Waals surface area contributed by atoms with Crippen LogP contribution in [0, 0.1) is 5.92 Å². The van der Waals surface area contributed by atoms with Crippen LogP contribution in [0.3, 0.4) is 0 Å². The molecule has 9 nitrogen and oxygen atoms in total. The van der Waals surface area contributed by atoms with Crippen LogP contribution in [0.15, 0.2) is 121 Å². The molecule has 9 heteroatoms. The quantitative estimate of drug-likeness (QED) is 0.105. The molecule has 258 valence electrons. The maximum Gasteiger partial charge on any atom is 0.317 e. The van der Waals surface area contributed by atoms with E-state index in [4.69, 9.17) is 23.7 Å². The van der Waals surface area contributed by atoms with Gasteiger partial charge >= 0.3 is 11.9 Å². The largest absolute Gasteiger partial charge is 0.481 e. The van der Waals surface area contributed by atoms with Gasteiger partial charge in [-0.3, -0.25) is 9.59 Å². The fourth-order valence-electron chi connectivity index (χ4n) is 5.99. The lowest BCUT2D eigenvalue weighted by Gasteiger charge is -2.46. The summed E-state index contributed by atoms with van der Waals surface area (Å²) < 4.78 is 33.0. The fourth-order valence-corrected chi connectivity index (χ4v) is 5.99. The molecule has 0 unspecified atom stereocenters. The Balaban J connectivity index is 1.44. The van der Waals surface area contributed by atoms with Gasteiger partial charge < -0.3 is 33.9 Å². The van der Waals surface area contributed by atoms with Gasteiger partial charge in [0.2, 0.25) is 0 Å². The second kappa shape index (κ2) is 19.0. The average molecular weight is 669 g/mol. The minimum atomic E-state index is -1.51. The number of ether oxygens (including phenoxy) is 5. The summed E-state index contributed by atoms with van der Waals surface area (Å²) in [5.41, 5.74) is 3.96. The molecule has 2 N–H and O–H groups in total. The van der Waals surface area contributed by atoms with Crippen molar-refractivity contribution in [1.82, 2.24) is 0 Å². The maximum absolute atomic E-state index is 11.6. The molecule has 0 saturated carbocycles. The molecule has 1 aliphatic heterocycles. The van der Waals surface area contributed by atoms with Gasteiger partial charge in [-0.1, -0.05) is 121 Å². The third kappa shape index (κ3) is 11.1. The van der Waals surface area contributed by atoms with Crippen molar-refractivity contribution in [2.75, 3.05) is 6.61 Å². The van der Waals surface area contributed by atoms with Crippen molar-refractivity contribution in [1.29, 1.82) is 0 Å². The first-order chi connectivity index (χ1) is 24.0. The lowest BCUT2D eigenvalue weighted by atomic mass is 9.90. The average Bonchev–Trinajstić information content (AvgIpc) is 3.13. The van der Waals surface area contributed by atoms with Gasteiger partial charge in [-0.05, 0) is 41.5 Å². The van der Waals surface area contributed by atoms with Gasteiger partial charge in [0, 0.05) is 0 Å².